The fourth-order valence-electron chi connectivity index (χ4n) is 2.02. The molecule has 2 aromatic carbocycles. The Labute approximate surface area is 118 Å². The fraction of sp³-hybridized carbons (Fsp3) is 0.0667. The molecule has 0 unspecified atom stereocenters. The van der Waals surface area contributed by atoms with Crippen LogP contribution in [0, 0.1) is 11.6 Å². The van der Waals surface area contributed by atoms with Crippen LogP contribution < -0.4 is 5.32 Å². The topological polar surface area (TPSA) is 57.8 Å². The zero-order valence-corrected chi connectivity index (χ0v) is 10.9. The van der Waals surface area contributed by atoms with Gasteiger partial charge in [0.25, 0.3) is 5.91 Å². The van der Waals surface area contributed by atoms with Crippen molar-refractivity contribution in [3.8, 4) is 0 Å². The molecular formula is C15H11F2N3O. The highest BCUT2D eigenvalue weighted by Crippen LogP contribution is 2.12. The number of benzene rings is 2. The summed E-state index contributed by atoms with van der Waals surface area (Å²) in [7, 11) is 0. The van der Waals surface area contributed by atoms with Crippen molar-refractivity contribution in [1.82, 2.24) is 15.3 Å². The third kappa shape index (κ3) is 2.74. The smallest absolute Gasteiger partial charge is 0.251 e. The zero-order chi connectivity index (χ0) is 14.8. The number of aromatic amines is 1. The molecule has 21 heavy (non-hydrogen) atoms. The number of fused-ring (bicyclic) bond motifs is 1. The van der Waals surface area contributed by atoms with E-state index in [1.165, 1.54) is 6.07 Å². The molecule has 0 aliphatic carbocycles. The van der Waals surface area contributed by atoms with Crippen molar-refractivity contribution in [1.29, 1.82) is 0 Å². The molecule has 0 aliphatic heterocycles. The maximum absolute atomic E-state index is 13.5. The van der Waals surface area contributed by atoms with Crippen molar-refractivity contribution < 1.29 is 13.6 Å². The highest BCUT2D eigenvalue weighted by atomic mass is 19.1. The number of carbonyl (C=O) groups is 1. The maximum Gasteiger partial charge on any atom is 0.251 e. The van der Waals surface area contributed by atoms with E-state index >= 15 is 0 Å². The largest absolute Gasteiger partial charge is 0.348 e. The number of nitrogens with zero attached hydrogens (tertiary/aromatic N) is 1. The summed E-state index contributed by atoms with van der Waals surface area (Å²) >= 11 is 0. The van der Waals surface area contributed by atoms with Crippen molar-refractivity contribution in [2.45, 2.75) is 6.54 Å². The number of hydrogen-bond donors (Lipinski definition) is 2. The lowest BCUT2D eigenvalue weighted by Gasteiger charge is -2.06. The minimum atomic E-state index is -0.681. The van der Waals surface area contributed by atoms with Gasteiger partial charge in [-0.15, -0.1) is 0 Å². The first kappa shape index (κ1) is 13.2. The molecule has 0 saturated heterocycles. The molecule has 3 rings (SSSR count). The van der Waals surface area contributed by atoms with E-state index in [-0.39, 0.29) is 18.0 Å². The van der Waals surface area contributed by atoms with E-state index in [9.17, 15) is 13.6 Å². The molecule has 0 bridgehead atoms. The highest BCUT2D eigenvalue weighted by Gasteiger charge is 2.09. The average molecular weight is 287 g/mol. The Kier molecular flexibility index (Phi) is 3.35. The molecule has 0 aliphatic rings. The molecular weight excluding hydrogens is 276 g/mol. The van der Waals surface area contributed by atoms with Gasteiger partial charge in [0.2, 0.25) is 0 Å². The van der Waals surface area contributed by atoms with Gasteiger partial charge in [-0.25, -0.2) is 13.8 Å². The van der Waals surface area contributed by atoms with E-state index in [1.807, 2.05) is 0 Å². The van der Waals surface area contributed by atoms with Gasteiger partial charge < -0.3 is 10.3 Å². The number of halogens is 2. The van der Waals surface area contributed by atoms with Crippen LogP contribution in [0.5, 0.6) is 0 Å². The highest BCUT2D eigenvalue weighted by molar-refractivity contribution is 5.97. The van der Waals surface area contributed by atoms with E-state index in [2.05, 4.69) is 15.3 Å². The molecule has 0 atom stereocenters. The molecule has 2 N–H and O–H groups in total. The molecule has 4 nitrogen and oxygen atoms in total. The first-order chi connectivity index (χ1) is 10.1. The van der Waals surface area contributed by atoms with Crippen molar-refractivity contribution in [3.63, 3.8) is 0 Å². The second-order valence-electron chi connectivity index (χ2n) is 4.55. The SMILES string of the molecule is O=C(NCc1ccc(F)cc1F)c1ccc2nc[nH]c2c1. The minimum absolute atomic E-state index is 0.00798. The van der Waals surface area contributed by atoms with Crippen LogP contribution in [0.3, 0.4) is 0 Å². The Bertz CT molecular complexity index is 814. The van der Waals surface area contributed by atoms with Gasteiger partial charge in [0.15, 0.2) is 0 Å². The molecule has 3 aromatic rings. The summed E-state index contributed by atoms with van der Waals surface area (Å²) in [6, 6.07) is 8.28. The third-order valence-electron chi connectivity index (χ3n) is 3.14. The predicted molar refractivity (Wildman–Crippen MR) is 73.6 cm³/mol. The number of nitrogens with one attached hydrogen (secondary N) is 2. The predicted octanol–water partition coefficient (Wildman–Crippen LogP) is 2.77. The standard InChI is InChI=1S/C15H11F2N3O/c16-11-3-1-10(12(17)6-11)7-18-15(21)9-2-4-13-14(5-9)20-8-19-13/h1-6,8H,7H2,(H,18,21)(H,19,20). The zero-order valence-electron chi connectivity index (χ0n) is 10.9. The second-order valence-corrected chi connectivity index (χ2v) is 4.55. The minimum Gasteiger partial charge on any atom is -0.348 e. The molecule has 1 heterocycles. The van der Waals surface area contributed by atoms with E-state index in [0.29, 0.717) is 5.56 Å². The molecule has 0 spiro atoms. The van der Waals surface area contributed by atoms with E-state index in [4.69, 9.17) is 0 Å². The van der Waals surface area contributed by atoms with Gasteiger partial charge in [-0.1, -0.05) is 6.07 Å². The maximum atomic E-state index is 13.5. The Balaban J connectivity index is 1.73. The second kappa shape index (κ2) is 5.32. The van der Waals surface area contributed by atoms with Crippen LogP contribution in [0.15, 0.2) is 42.7 Å². The summed E-state index contributed by atoms with van der Waals surface area (Å²) in [5.74, 6) is -1.66. The van der Waals surface area contributed by atoms with Crippen molar-refractivity contribution in [2.75, 3.05) is 0 Å². The molecule has 0 radical (unpaired) electrons. The number of rotatable bonds is 3. The summed E-state index contributed by atoms with van der Waals surface area (Å²) in [5.41, 5.74) is 2.17. The van der Waals surface area contributed by atoms with Crippen LogP contribution in [0.2, 0.25) is 0 Å². The molecule has 0 fully saturated rings. The van der Waals surface area contributed by atoms with Crippen LogP contribution in [-0.2, 0) is 6.54 Å². The summed E-state index contributed by atoms with van der Waals surface area (Å²) in [6.45, 7) is -0.00798. The number of imidazole rings is 1. The summed E-state index contributed by atoms with van der Waals surface area (Å²) < 4.78 is 26.3. The Morgan fingerprint density at radius 1 is 1.19 bits per heavy atom. The molecule has 106 valence electrons. The Morgan fingerprint density at radius 3 is 2.86 bits per heavy atom. The quantitative estimate of drug-likeness (QED) is 0.778. The van der Waals surface area contributed by atoms with Gasteiger partial charge in [-0.05, 0) is 24.3 Å². The summed E-state index contributed by atoms with van der Waals surface area (Å²) in [4.78, 5) is 19.0. The van der Waals surface area contributed by atoms with Gasteiger partial charge in [-0.2, -0.15) is 0 Å². The lowest BCUT2D eigenvalue weighted by Crippen LogP contribution is -2.23. The lowest BCUT2D eigenvalue weighted by molar-refractivity contribution is 0.0950. The fourth-order valence-corrected chi connectivity index (χ4v) is 2.02. The van der Waals surface area contributed by atoms with Crippen molar-refractivity contribution in [3.05, 3.63) is 65.5 Å². The number of carbonyl (C=O) groups excluding carboxylic acids is 1. The number of hydrogen-bond acceptors (Lipinski definition) is 2. The Morgan fingerprint density at radius 2 is 2.05 bits per heavy atom. The van der Waals surface area contributed by atoms with Crippen molar-refractivity contribution in [2.24, 2.45) is 0 Å². The van der Waals surface area contributed by atoms with E-state index < -0.39 is 11.6 Å². The molecule has 0 saturated carbocycles. The summed E-state index contributed by atoms with van der Waals surface area (Å²) in [6.07, 6.45) is 1.54. The van der Waals surface area contributed by atoms with E-state index in [0.717, 1.165) is 23.2 Å². The van der Waals surface area contributed by atoms with Crippen LogP contribution in [0.1, 0.15) is 15.9 Å². The lowest BCUT2D eigenvalue weighted by atomic mass is 10.1. The molecule has 1 amide bonds. The van der Waals surface area contributed by atoms with Gasteiger partial charge in [-0.3, -0.25) is 4.79 Å². The van der Waals surface area contributed by atoms with Crippen LogP contribution in [-0.4, -0.2) is 15.9 Å². The van der Waals surface area contributed by atoms with E-state index in [1.54, 1.807) is 24.5 Å². The van der Waals surface area contributed by atoms with Gasteiger partial charge in [0, 0.05) is 23.7 Å². The monoisotopic (exact) mass is 287 g/mol. The first-order valence-electron chi connectivity index (χ1n) is 6.29. The van der Waals surface area contributed by atoms with Gasteiger partial charge in [0.1, 0.15) is 11.6 Å². The third-order valence-corrected chi connectivity index (χ3v) is 3.14. The molecule has 1 aromatic heterocycles. The summed E-state index contributed by atoms with van der Waals surface area (Å²) in [5, 5.41) is 2.60. The number of amides is 1. The van der Waals surface area contributed by atoms with Gasteiger partial charge in [0.05, 0.1) is 17.4 Å². The van der Waals surface area contributed by atoms with Crippen LogP contribution in [0.25, 0.3) is 11.0 Å². The average Bonchev–Trinajstić information content (AvgIpc) is 2.93. The first-order valence-corrected chi connectivity index (χ1v) is 6.29. The van der Waals surface area contributed by atoms with Gasteiger partial charge >= 0.3 is 0 Å². The number of H-pyrrole nitrogens is 1. The molecule has 6 heteroatoms. The van der Waals surface area contributed by atoms with Crippen LogP contribution >= 0.6 is 0 Å². The van der Waals surface area contributed by atoms with Crippen LogP contribution in [0.4, 0.5) is 8.78 Å². The number of aromatic nitrogens is 2. The van der Waals surface area contributed by atoms with Crippen molar-refractivity contribution >= 4 is 16.9 Å². The normalized spacial score (nSPS) is 10.8. The Hall–Kier alpha value is -2.76.